The Hall–Kier alpha value is -1.79. The second-order valence-electron chi connectivity index (χ2n) is 7.27. The molecule has 2 aliphatic rings. The second-order valence-corrected chi connectivity index (χ2v) is 7.27. The zero-order chi connectivity index (χ0) is 17.2. The molecule has 7 heteroatoms. The lowest BCUT2D eigenvalue weighted by Crippen LogP contribution is -2.51. The van der Waals surface area contributed by atoms with Crippen LogP contribution in [0.3, 0.4) is 0 Å². The third-order valence-corrected chi connectivity index (χ3v) is 4.32. The highest BCUT2D eigenvalue weighted by molar-refractivity contribution is 5.86. The van der Waals surface area contributed by atoms with E-state index in [0.717, 1.165) is 6.42 Å². The molecular weight excluding hydrogens is 300 g/mol. The Morgan fingerprint density at radius 2 is 1.65 bits per heavy atom. The van der Waals surface area contributed by atoms with Crippen LogP contribution in [0.2, 0.25) is 0 Å². The number of carbonyl (C=O) groups excluding carboxylic acids is 2. The molecule has 0 aromatic rings. The van der Waals surface area contributed by atoms with Crippen molar-refractivity contribution in [3.05, 3.63) is 0 Å². The molecule has 0 saturated carbocycles. The average Bonchev–Trinajstić information content (AvgIpc) is 2.94. The van der Waals surface area contributed by atoms with E-state index < -0.39 is 23.7 Å². The summed E-state index contributed by atoms with van der Waals surface area (Å²) in [6, 6.07) is -0.480. The van der Waals surface area contributed by atoms with Crippen molar-refractivity contribution in [3.8, 4) is 0 Å². The summed E-state index contributed by atoms with van der Waals surface area (Å²) in [5.74, 6) is -1.25. The minimum absolute atomic E-state index is 0.0859. The van der Waals surface area contributed by atoms with Crippen molar-refractivity contribution in [1.82, 2.24) is 9.80 Å². The number of ether oxygens (including phenoxy) is 1. The summed E-state index contributed by atoms with van der Waals surface area (Å²) in [5, 5.41) is 9.02. The number of hydrogen-bond donors (Lipinski definition) is 1. The Kier molecular flexibility index (Phi) is 5.16. The van der Waals surface area contributed by atoms with Gasteiger partial charge in [-0.25, -0.2) is 4.79 Å². The van der Waals surface area contributed by atoms with Crippen LogP contribution in [0, 0.1) is 5.92 Å². The fourth-order valence-corrected chi connectivity index (χ4v) is 3.12. The van der Waals surface area contributed by atoms with Crippen molar-refractivity contribution < 1.29 is 24.2 Å². The molecule has 1 N–H and O–H groups in total. The van der Waals surface area contributed by atoms with Gasteiger partial charge in [-0.3, -0.25) is 14.5 Å². The fourth-order valence-electron chi connectivity index (χ4n) is 3.12. The van der Waals surface area contributed by atoms with E-state index in [9.17, 15) is 14.4 Å². The molecule has 0 bridgehead atoms. The van der Waals surface area contributed by atoms with Crippen molar-refractivity contribution in [3.63, 3.8) is 0 Å². The molecular formula is C16H26N2O5. The molecule has 2 saturated heterocycles. The molecule has 0 aliphatic carbocycles. The minimum atomic E-state index is -0.798. The van der Waals surface area contributed by atoms with Gasteiger partial charge in [0.15, 0.2) is 0 Å². The average molecular weight is 326 g/mol. The summed E-state index contributed by atoms with van der Waals surface area (Å²) < 4.78 is 5.38. The van der Waals surface area contributed by atoms with Gasteiger partial charge in [0.25, 0.3) is 0 Å². The van der Waals surface area contributed by atoms with Crippen LogP contribution in [0.4, 0.5) is 4.79 Å². The molecule has 0 spiro atoms. The van der Waals surface area contributed by atoms with E-state index in [4.69, 9.17) is 9.84 Å². The first-order valence-electron chi connectivity index (χ1n) is 8.20. The maximum absolute atomic E-state index is 12.7. The number of amides is 2. The van der Waals surface area contributed by atoms with Gasteiger partial charge in [-0.05, 0) is 46.5 Å². The number of carboxylic acids is 1. The van der Waals surface area contributed by atoms with E-state index in [1.165, 1.54) is 4.90 Å². The van der Waals surface area contributed by atoms with Crippen LogP contribution in [0.15, 0.2) is 0 Å². The number of aliphatic carboxylic acids is 1. The van der Waals surface area contributed by atoms with Crippen molar-refractivity contribution in [2.75, 3.05) is 19.6 Å². The monoisotopic (exact) mass is 326 g/mol. The van der Waals surface area contributed by atoms with Crippen LogP contribution in [-0.4, -0.2) is 64.2 Å². The van der Waals surface area contributed by atoms with Gasteiger partial charge in [0.05, 0.1) is 5.92 Å². The Morgan fingerprint density at radius 1 is 1.04 bits per heavy atom. The SMILES string of the molecule is CC(C)(C)OC(=O)N1CCC[C@@H]1C(=O)N1CCC(C(=O)O)CC1. The first kappa shape index (κ1) is 17.6. The number of hydrogen-bond acceptors (Lipinski definition) is 4. The zero-order valence-electron chi connectivity index (χ0n) is 14.1. The number of piperidine rings is 1. The van der Waals surface area contributed by atoms with Crippen LogP contribution in [0.1, 0.15) is 46.5 Å². The van der Waals surface area contributed by atoms with E-state index >= 15 is 0 Å². The molecule has 2 heterocycles. The third-order valence-electron chi connectivity index (χ3n) is 4.32. The van der Waals surface area contributed by atoms with Crippen LogP contribution < -0.4 is 0 Å². The lowest BCUT2D eigenvalue weighted by molar-refractivity contribution is -0.146. The molecule has 0 radical (unpaired) electrons. The van der Waals surface area contributed by atoms with Crippen LogP contribution in [-0.2, 0) is 14.3 Å². The number of likely N-dealkylation sites (tertiary alicyclic amines) is 2. The van der Waals surface area contributed by atoms with Gasteiger partial charge in [-0.15, -0.1) is 0 Å². The first-order chi connectivity index (χ1) is 10.7. The molecule has 1 atom stereocenters. The highest BCUT2D eigenvalue weighted by atomic mass is 16.6. The van der Waals surface area contributed by atoms with Gasteiger partial charge in [0, 0.05) is 19.6 Å². The molecule has 0 unspecified atom stereocenters. The lowest BCUT2D eigenvalue weighted by atomic mass is 9.96. The Labute approximate surface area is 136 Å². The predicted molar refractivity (Wildman–Crippen MR) is 82.9 cm³/mol. The minimum Gasteiger partial charge on any atom is -0.481 e. The number of carboxylic acid groups (broad SMARTS) is 1. The van der Waals surface area contributed by atoms with Gasteiger partial charge in [-0.1, -0.05) is 0 Å². The van der Waals surface area contributed by atoms with Gasteiger partial charge < -0.3 is 14.7 Å². The van der Waals surface area contributed by atoms with Gasteiger partial charge in [0.1, 0.15) is 11.6 Å². The Balaban J connectivity index is 1.96. The van der Waals surface area contributed by atoms with E-state index in [2.05, 4.69) is 0 Å². The topological polar surface area (TPSA) is 87.2 Å². The Morgan fingerprint density at radius 3 is 2.17 bits per heavy atom. The standard InChI is InChI=1S/C16H26N2O5/c1-16(2,3)23-15(22)18-8-4-5-12(18)13(19)17-9-6-11(7-10-17)14(20)21/h11-12H,4-10H2,1-3H3,(H,20,21)/t12-/m1/s1. The maximum Gasteiger partial charge on any atom is 0.410 e. The summed E-state index contributed by atoms with van der Waals surface area (Å²) in [7, 11) is 0. The summed E-state index contributed by atoms with van der Waals surface area (Å²) in [4.78, 5) is 39.1. The molecule has 2 amide bonds. The summed E-state index contributed by atoms with van der Waals surface area (Å²) in [6.07, 6.45) is 1.91. The van der Waals surface area contributed by atoms with Gasteiger partial charge in [0.2, 0.25) is 5.91 Å². The summed E-state index contributed by atoms with van der Waals surface area (Å²) >= 11 is 0. The van der Waals surface area contributed by atoms with Crippen LogP contribution in [0.5, 0.6) is 0 Å². The van der Waals surface area contributed by atoms with Gasteiger partial charge >= 0.3 is 12.1 Å². The number of nitrogens with zero attached hydrogens (tertiary/aromatic N) is 2. The predicted octanol–water partition coefficient (Wildman–Crippen LogP) is 1.71. The number of rotatable bonds is 2. The lowest BCUT2D eigenvalue weighted by Gasteiger charge is -2.34. The molecule has 0 aromatic carbocycles. The zero-order valence-corrected chi connectivity index (χ0v) is 14.1. The summed E-state index contributed by atoms with van der Waals surface area (Å²) in [5.41, 5.74) is -0.590. The van der Waals surface area contributed by atoms with Crippen LogP contribution in [0.25, 0.3) is 0 Å². The first-order valence-corrected chi connectivity index (χ1v) is 8.20. The van der Waals surface area contributed by atoms with Crippen LogP contribution >= 0.6 is 0 Å². The highest BCUT2D eigenvalue weighted by Gasteiger charge is 2.39. The molecule has 7 nitrogen and oxygen atoms in total. The van der Waals surface area contributed by atoms with Crippen molar-refractivity contribution in [2.24, 2.45) is 5.92 Å². The fraction of sp³-hybridized carbons (Fsp3) is 0.812. The van der Waals surface area contributed by atoms with E-state index in [0.29, 0.717) is 38.9 Å². The van der Waals surface area contributed by atoms with Crippen molar-refractivity contribution >= 4 is 18.0 Å². The van der Waals surface area contributed by atoms with Crippen molar-refractivity contribution in [1.29, 1.82) is 0 Å². The van der Waals surface area contributed by atoms with E-state index in [-0.39, 0.29) is 11.8 Å². The molecule has 2 fully saturated rings. The maximum atomic E-state index is 12.7. The highest BCUT2D eigenvalue weighted by Crippen LogP contribution is 2.25. The molecule has 2 aliphatic heterocycles. The van der Waals surface area contributed by atoms with E-state index in [1.807, 2.05) is 0 Å². The summed E-state index contributed by atoms with van der Waals surface area (Å²) in [6.45, 7) is 6.80. The molecule has 130 valence electrons. The smallest absolute Gasteiger partial charge is 0.410 e. The Bertz CT molecular complexity index is 477. The molecule has 0 aromatic heterocycles. The number of carbonyl (C=O) groups is 3. The van der Waals surface area contributed by atoms with E-state index in [1.54, 1.807) is 25.7 Å². The molecule has 23 heavy (non-hydrogen) atoms. The van der Waals surface area contributed by atoms with Crippen molar-refractivity contribution in [2.45, 2.75) is 58.1 Å². The van der Waals surface area contributed by atoms with Gasteiger partial charge in [-0.2, -0.15) is 0 Å². The quantitative estimate of drug-likeness (QED) is 0.834. The normalized spacial score (nSPS) is 23.0. The third kappa shape index (κ3) is 4.36. The largest absolute Gasteiger partial charge is 0.481 e. The second kappa shape index (κ2) is 6.76. The molecule has 2 rings (SSSR count).